The van der Waals surface area contributed by atoms with Gasteiger partial charge >= 0.3 is 0 Å². The van der Waals surface area contributed by atoms with Crippen molar-refractivity contribution in [2.24, 2.45) is 0 Å². The lowest BCUT2D eigenvalue weighted by atomic mass is 10.0. The molecule has 0 saturated carbocycles. The van der Waals surface area contributed by atoms with Crippen LogP contribution in [0.4, 0.5) is 5.69 Å². The van der Waals surface area contributed by atoms with Gasteiger partial charge in [-0.2, -0.15) is 0 Å². The maximum Gasteiger partial charge on any atom is 0.264 e. The van der Waals surface area contributed by atoms with Gasteiger partial charge in [0.2, 0.25) is 11.8 Å². The number of benzene rings is 4. The van der Waals surface area contributed by atoms with Gasteiger partial charge in [0.15, 0.2) is 0 Å². The molecule has 242 valence electrons. The zero-order valence-electron chi connectivity index (χ0n) is 27.1. The van der Waals surface area contributed by atoms with E-state index in [-0.39, 0.29) is 23.8 Å². The summed E-state index contributed by atoms with van der Waals surface area (Å²) in [6, 6.07) is 31.0. The predicted molar refractivity (Wildman–Crippen MR) is 182 cm³/mol. The fourth-order valence-corrected chi connectivity index (χ4v) is 6.55. The van der Waals surface area contributed by atoms with E-state index in [2.05, 4.69) is 5.32 Å². The quantitative estimate of drug-likeness (QED) is 0.189. The van der Waals surface area contributed by atoms with E-state index >= 15 is 0 Å². The molecule has 0 aromatic heterocycles. The van der Waals surface area contributed by atoms with Gasteiger partial charge in [-0.05, 0) is 82.1 Å². The second-order valence-electron chi connectivity index (χ2n) is 12.2. The zero-order chi connectivity index (χ0) is 33.3. The number of carbonyl (C=O) groups is 2. The van der Waals surface area contributed by atoms with Crippen LogP contribution >= 0.6 is 0 Å². The van der Waals surface area contributed by atoms with Crippen LogP contribution in [0.5, 0.6) is 5.75 Å². The molecule has 2 amide bonds. The number of hydrogen-bond donors (Lipinski definition) is 1. The molecule has 0 fully saturated rings. The Morgan fingerprint density at radius 2 is 1.43 bits per heavy atom. The third-order valence-electron chi connectivity index (χ3n) is 7.25. The molecule has 0 heterocycles. The molecule has 1 N–H and O–H groups in total. The Morgan fingerprint density at radius 1 is 0.826 bits per heavy atom. The first-order valence-electron chi connectivity index (χ1n) is 15.4. The first kappa shape index (κ1) is 34.2. The number of nitrogens with zero attached hydrogens (tertiary/aromatic N) is 2. The number of ether oxygens (including phenoxy) is 1. The van der Waals surface area contributed by atoms with Crippen LogP contribution < -0.4 is 14.4 Å². The largest absolute Gasteiger partial charge is 0.494 e. The Morgan fingerprint density at radius 3 is 2.02 bits per heavy atom. The van der Waals surface area contributed by atoms with E-state index in [1.807, 2.05) is 89.2 Å². The van der Waals surface area contributed by atoms with Crippen LogP contribution in [0.15, 0.2) is 114 Å². The first-order valence-corrected chi connectivity index (χ1v) is 16.8. The van der Waals surface area contributed by atoms with E-state index in [4.69, 9.17) is 4.74 Å². The van der Waals surface area contributed by atoms with Crippen molar-refractivity contribution in [3.05, 3.63) is 126 Å². The average Bonchev–Trinajstić information content (AvgIpc) is 3.02. The summed E-state index contributed by atoms with van der Waals surface area (Å²) in [4.78, 5) is 30.1. The van der Waals surface area contributed by atoms with Crippen molar-refractivity contribution in [3.63, 3.8) is 0 Å². The Kier molecular flexibility index (Phi) is 11.2. The minimum absolute atomic E-state index is 0.0177. The molecule has 1 unspecified atom stereocenters. The number of para-hydroxylation sites is 1. The molecule has 0 radical (unpaired) electrons. The highest BCUT2D eigenvalue weighted by molar-refractivity contribution is 7.92. The smallest absolute Gasteiger partial charge is 0.264 e. The van der Waals surface area contributed by atoms with Crippen molar-refractivity contribution < 1.29 is 22.7 Å². The number of amides is 2. The minimum Gasteiger partial charge on any atom is -0.494 e. The first-order chi connectivity index (χ1) is 21.9. The Balaban J connectivity index is 1.79. The Bertz CT molecular complexity index is 1700. The molecule has 4 aromatic carbocycles. The Hall–Kier alpha value is -4.63. The number of carbonyl (C=O) groups excluding carboxylic acids is 2. The lowest BCUT2D eigenvalue weighted by Crippen LogP contribution is -2.56. The van der Waals surface area contributed by atoms with E-state index in [1.165, 1.54) is 17.0 Å². The number of sulfonamides is 1. The average molecular weight is 642 g/mol. The second-order valence-corrected chi connectivity index (χ2v) is 14.1. The third kappa shape index (κ3) is 9.20. The van der Waals surface area contributed by atoms with Gasteiger partial charge in [0.05, 0.1) is 17.2 Å². The summed E-state index contributed by atoms with van der Waals surface area (Å²) in [5, 5.41) is 3.05. The van der Waals surface area contributed by atoms with Gasteiger partial charge in [0.1, 0.15) is 18.3 Å². The van der Waals surface area contributed by atoms with Crippen molar-refractivity contribution in [3.8, 4) is 5.75 Å². The molecule has 46 heavy (non-hydrogen) atoms. The molecule has 8 nitrogen and oxygen atoms in total. The molecule has 1 atom stereocenters. The van der Waals surface area contributed by atoms with E-state index in [0.717, 1.165) is 21.0 Å². The van der Waals surface area contributed by atoms with Gasteiger partial charge in [-0.3, -0.25) is 13.9 Å². The molecule has 4 rings (SSSR count). The number of aryl methyl sites for hydroxylation is 1. The van der Waals surface area contributed by atoms with Crippen LogP contribution in [0.25, 0.3) is 0 Å². The monoisotopic (exact) mass is 641 g/mol. The lowest BCUT2D eigenvalue weighted by molar-refractivity contribution is -0.140. The van der Waals surface area contributed by atoms with Gasteiger partial charge < -0.3 is 15.0 Å². The zero-order valence-corrected chi connectivity index (χ0v) is 28.0. The van der Waals surface area contributed by atoms with E-state index in [9.17, 15) is 18.0 Å². The SMILES string of the molecule is CCOc1ccc(S(=O)(=O)N(CC(=O)N(Cc2cccc(C)c2)C(Cc2ccccc2)C(=O)NC(C)(C)C)c2ccccc2)cc1. The molecular weight excluding hydrogens is 598 g/mol. The number of anilines is 1. The lowest BCUT2D eigenvalue weighted by Gasteiger charge is -2.35. The molecule has 0 bridgehead atoms. The summed E-state index contributed by atoms with van der Waals surface area (Å²) in [6.45, 7) is 9.51. The van der Waals surface area contributed by atoms with Crippen LogP contribution in [0, 0.1) is 6.92 Å². The normalized spacial score (nSPS) is 12.2. The summed E-state index contributed by atoms with van der Waals surface area (Å²) < 4.78 is 35.0. The van der Waals surface area contributed by atoms with Crippen molar-refractivity contribution in [2.75, 3.05) is 17.5 Å². The number of hydrogen-bond acceptors (Lipinski definition) is 5. The molecule has 9 heteroatoms. The topological polar surface area (TPSA) is 96.0 Å². The van der Waals surface area contributed by atoms with Gasteiger partial charge in [-0.1, -0.05) is 78.4 Å². The highest BCUT2D eigenvalue weighted by Crippen LogP contribution is 2.26. The summed E-state index contributed by atoms with van der Waals surface area (Å²) in [7, 11) is -4.20. The van der Waals surface area contributed by atoms with E-state index < -0.39 is 34.1 Å². The number of nitrogens with one attached hydrogen (secondary N) is 1. The highest BCUT2D eigenvalue weighted by atomic mass is 32.2. The van der Waals surface area contributed by atoms with Gasteiger partial charge in [0.25, 0.3) is 10.0 Å². The second kappa shape index (κ2) is 15.1. The van der Waals surface area contributed by atoms with Crippen LogP contribution in [-0.2, 0) is 32.6 Å². The summed E-state index contributed by atoms with van der Waals surface area (Å²) >= 11 is 0. The summed E-state index contributed by atoms with van der Waals surface area (Å²) in [5.41, 5.74) is 2.49. The fraction of sp³-hybridized carbons (Fsp3) is 0.297. The third-order valence-corrected chi connectivity index (χ3v) is 9.04. The molecule has 0 spiro atoms. The standard InChI is InChI=1S/C37H43N3O5S/c1-6-45-32-20-22-33(23-21-32)46(43,44)40(31-18-11-8-12-19-31)27-35(41)39(26-30-17-13-14-28(2)24-30)34(36(42)38-37(3,4)5)25-29-15-9-7-10-16-29/h7-24,34H,6,25-27H2,1-5H3,(H,38,42). The highest BCUT2D eigenvalue weighted by Gasteiger charge is 2.35. The number of rotatable bonds is 13. The maximum absolute atomic E-state index is 14.6. The van der Waals surface area contributed by atoms with Crippen molar-refractivity contribution in [2.45, 2.75) is 64.1 Å². The molecule has 0 aliphatic heterocycles. The summed E-state index contributed by atoms with van der Waals surface area (Å²) in [5.74, 6) is -0.287. The van der Waals surface area contributed by atoms with Crippen molar-refractivity contribution in [1.82, 2.24) is 10.2 Å². The summed E-state index contributed by atoms with van der Waals surface area (Å²) in [6.07, 6.45) is 0.247. The van der Waals surface area contributed by atoms with Crippen LogP contribution in [0.2, 0.25) is 0 Å². The molecule has 0 aliphatic carbocycles. The maximum atomic E-state index is 14.6. The molecule has 4 aromatic rings. The Labute approximate surface area is 273 Å². The minimum atomic E-state index is -4.20. The van der Waals surface area contributed by atoms with Crippen molar-refractivity contribution >= 4 is 27.5 Å². The molecule has 0 saturated heterocycles. The van der Waals surface area contributed by atoms with Crippen LogP contribution in [0.3, 0.4) is 0 Å². The van der Waals surface area contributed by atoms with E-state index in [0.29, 0.717) is 18.0 Å². The molecular formula is C37H43N3O5S. The van der Waals surface area contributed by atoms with Crippen molar-refractivity contribution in [1.29, 1.82) is 0 Å². The predicted octanol–water partition coefficient (Wildman–Crippen LogP) is 6.14. The fourth-order valence-electron chi connectivity index (χ4n) is 5.14. The van der Waals surface area contributed by atoms with E-state index in [1.54, 1.807) is 42.5 Å². The van der Waals surface area contributed by atoms with Crippen LogP contribution in [-0.4, -0.2) is 49.9 Å². The van der Waals surface area contributed by atoms with Gasteiger partial charge in [-0.25, -0.2) is 8.42 Å². The van der Waals surface area contributed by atoms with Gasteiger partial charge in [0, 0.05) is 18.5 Å². The van der Waals surface area contributed by atoms with Crippen LogP contribution in [0.1, 0.15) is 44.4 Å². The molecule has 0 aliphatic rings. The van der Waals surface area contributed by atoms with Gasteiger partial charge in [-0.15, -0.1) is 0 Å².